The van der Waals surface area contributed by atoms with Gasteiger partial charge < -0.3 is 9.47 Å². The zero-order chi connectivity index (χ0) is 57.8. The summed E-state index contributed by atoms with van der Waals surface area (Å²) < 4.78 is 11.8. The Labute approximate surface area is 533 Å². The van der Waals surface area contributed by atoms with Crippen LogP contribution in [0.15, 0.2) is 127 Å². The number of unbranched alkanes of at least 4 members (excludes halogenated alkanes) is 6. The molecule has 6 aromatic rings. The molecule has 3 fully saturated rings. The van der Waals surface area contributed by atoms with E-state index in [1.807, 2.05) is 0 Å². The SMILES string of the molecule is CC(C)(C)OCCCCCC[Si](C)(C1c2ccccc2-c2ccc(CC3CCCC3)cc21)C1c2ccccc2-c2ccc(CC3CCCC3)cc21.C[SiH2]CCCCCCOC(C)(C)C.Cl.Cl.c1ccc2c(c1)Cc1cc(CC3CCCC3)ccc1-2. The molecule has 0 aromatic heterocycles. The zero-order valence-corrected chi connectivity index (χ0v) is 58.2. The number of benzene rings is 6. The molecule has 3 saturated carbocycles. The summed E-state index contributed by atoms with van der Waals surface area (Å²) >= 11 is 0. The first-order valence-electron chi connectivity index (χ1n) is 34.2. The lowest BCUT2D eigenvalue weighted by Crippen LogP contribution is -2.45. The van der Waals surface area contributed by atoms with E-state index in [0.717, 1.165) is 43.8 Å². The van der Waals surface area contributed by atoms with Crippen molar-refractivity contribution >= 4 is 42.4 Å². The average Bonchev–Trinajstić information content (AvgIpc) is 1.76. The minimum absolute atomic E-state index is 0. The van der Waals surface area contributed by atoms with Crippen LogP contribution in [-0.2, 0) is 35.2 Å². The number of fused-ring (bicyclic) bond motifs is 9. The highest BCUT2D eigenvalue weighted by atomic mass is 35.5. The molecule has 0 saturated heterocycles. The summed E-state index contributed by atoms with van der Waals surface area (Å²) in [5.41, 5.74) is 24.3. The quantitative estimate of drug-likeness (QED) is 0.0497. The summed E-state index contributed by atoms with van der Waals surface area (Å²) in [6.45, 7) is 19.9. The Kier molecular flexibility index (Phi) is 25.0. The molecular weight excluding hydrogens is 1110 g/mol. The molecule has 6 aliphatic carbocycles. The van der Waals surface area contributed by atoms with Crippen LogP contribution < -0.4 is 0 Å². The van der Waals surface area contributed by atoms with Gasteiger partial charge >= 0.3 is 0 Å². The second-order valence-corrected chi connectivity index (χ2v) is 35.5. The molecule has 6 aromatic carbocycles. The molecule has 2 atom stereocenters. The van der Waals surface area contributed by atoms with Crippen molar-refractivity contribution < 1.29 is 9.47 Å². The Bertz CT molecular complexity index is 2900. The number of hydrogen-bond acceptors (Lipinski definition) is 2. The molecule has 460 valence electrons. The summed E-state index contributed by atoms with van der Waals surface area (Å²) in [6, 6.07) is 53.5. The number of hydrogen-bond donors (Lipinski definition) is 0. The molecule has 0 bridgehead atoms. The van der Waals surface area contributed by atoms with Crippen LogP contribution in [0.1, 0.15) is 231 Å². The summed E-state index contributed by atoms with van der Waals surface area (Å²) in [6.07, 6.45) is 32.5. The topological polar surface area (TPSA) is 18.5 Å². The highest BCUT2D eigenvalue weighted by molar-refractivity contribution is 6.83. The van der Waals surface area contributed by atoms with Crippen molar-refractivity contribution in [1.29, 1.82) is 0 Å². The van der Waals surface area contributed by atoms with Gasteiger partial charge in [0.2, 0.25) is 0 Å². The summed E-state index contributed by atoms with van der Waals surface area (Å²) in [5, 5.41) is 0. The first-order chi connectivity index (χ1) is 40.2. The summed E-state index contributed by atoms with van der Waals surface area (Å²) in [7, 11) is -1.83. The molecule has 0 amide bonds. The van der Waals surface area contributed by atoms with Crippen molar-refractivity contribution in [2.75, 3.05) is 13.2 Å². The van der Waals surface area contributed by atoms with Crippen LogP contribution in [0.4, 0.5) is 0 Å². The van der Waals surface area contributed by atoms with Gasteiger partial charge in [0, 0.05) is 33.8 Å². The molecule has 0 heterocycles. The van der Waals surface area contributed by atoms with Crippen LogP contribution in [0.25, 0.3) is 33.4 Å². The Hall–Kier alpha value is -3.75. The zero-order valence-electron chi connectivity index (χ0n) is 54.2. The van der Waals surface area contributed by atoms with E-state index in [2.05, 4.69) is 182 Å². The standard InChI is InChI=1S/C49H62OSi.C19H20.C11H26OSi.2ClH/c1-49(2,3)50-29-15-5-6-16-30-51(4,47-43-23-13-11-21-39(43)41-27-25-37(33-45(41)47)31-35-17-7-8-18-35)48-44-24-14-12-22-40(44)42-28-26-38(34-46(42)48)32-36-19-9-10-20-36;1-2-6-14(5-1)11-15-9-10-19-17(12-15)13-16-7-3-4-8-18(16)19;1-11(2,3)12-9-7-5-6-8-10-13-4;;/h11-14,21-28,33-36,47-48H,5-10,15-20,29-32H2,1-4H3;3-4,7-10,12,14H,1-2,5-6,11,13H2;5-10,13H2,1-4H3;2*1H. The maximum atomic E-state index is 6.12. The Balaban J connectivity index is 0.000000225. The van der Waals surface area contributed by atoms with Crippen molar-refractivity contribution in [3.63, 3.8) is 0 Å². The van der Waals surface area contributed by atoms with Gasteiger partial charge in [-0.1, -0.05) is 268 Å². The third kappa shape index (κ3) is 17.6. The average molecular weight is 1220 g/mol. The maximum absolute atomic E-state index is 6.12. The van der Waals surface area contributed by atoms with Crippen LogP contribution in [0.5, 0.6) is 0 Å². The second-order valence-electron chi connectivity index (χ2n) is 29.1. The van der Waals surface area contributed by atoms with E-state index in [0.29, 0.717) is 20.6 Å². The van der Waals surface area contributed by atoms with Crippen molar-refractivity contribution in [3.05, 3.63) is 177 Å². The Morgan fingerprint density at radius 3 is 1.25 bits per heavy atom. The highest BCUT2D eigenvalue weighted by Crippen LogP contribution is 2.59. The largest absolute Gasteiger partial charge is 0.376 e. The van der Waals surface area contributed by atoms with E-state index < -0.39 is 8.07 Å². The van der Waals surface area contributed by atoms with Gasteiger partial charge in [0.05, 0.1) is 19.3 Å². The van der Waals surface area contributed by atoms with Crippen molar-refractivity contribution in [3.8, 4) is 33.4 Å². The van der Waals surface area contributed by atoms with Gasteiger partial charge in [0.15, 0.2) is 0 Å². The predicted molar refractivity (Wildman–Crippen MR) is 378 cm³/mol. The number of halogens is 2. The summed E-state index contributed by atoms with van der Waals surface area (Å²) in [4.78, 5) is 0. The van der Waals surface area contributed by atoms with Crippen LogP contribution >= 0.6 is 24.8 Å². The molecule has 0 radical (unpaired) electrons. The Morgan fingerprint density at radius 1 is 0.412 bits per heavy atom. The monoisotopic (exact) mass is 1220 g/mol. The van der Waals surface area contributed by atoms with Crippen LogP contribution in [0.3, 0.4) is 0 Å². The van der Waals surface area contributed by atoms with Gasteiger partial charge in [0.1, 0.15) is 0 Å². The van der Waals surface area contributed by atoms with E-state index in [4.69, 9.17) is 9.47 Å². The lowest BCUT2D eigenvalue weighted by molar-refractivity contribution is -0.00508. The third-order valence-electron chi connectivity index (χ3n) is 20.3. The smallest absolute Gasteiger partial charge is 0.0761 e. The molecule has 6 aliphatic rings. The van der Waals surface area contributed by atoms with E-state index in [9.17, 15) is 0 Å². The minimum Gasteiger partial charge on any atom is -0.376 e. The van der Waals surface area contributed by atoms with Gasteiger partial charge in [-0.3, -0.25) is 0 Å². The first-order valence-corrected chi connectivity index (χ1v) is 39.4. The number of rotatable bonds is 22. The number of ether oxygens (including phenoxy) is 2. The van der Waals surface area contributed by atoms with Gasteiger partial charge in [0.25, 0.3) is 0 Å². The molecule has 2 unspecified atom stereocenters. The molecular formula is C79H110Cl2O2Si2. The van der Waals surface area contributed by atoms with E-state index in [1.54, 1.807) is 38.9 Å². The fourth-order valence-electron chi connectivity index (χ4n) is 16.2. The van der Waals surface area contributed by atoms with E-state index in [-0.39, 0.29) is 36.0 Å². The third-order valence-corrected chi connectivity index (χ3v) is 26.9. The highest BCUT2D eigenvalue weighted by Gasteiger charge is 2.52. The fourth-order valence-corrected chi connectivity index (χ4v) is 22.8. The van der Waals surface area contributed by atoms with Crippen molar-refractivity contribution in [2.24, 2.45) is 17.8 Å². The van der Waals surface area contributed by atoms with Gasteiger partial charge in [-0.15, -0.1) is 24.8 Å². The van der Waals surface area contributed by atoms with Gasteiger partial charge in [-0.05, 0) is 181 Å². The second kappa shape index (κ2) is 31.6. The Morgan fingerprint density at radius 2 is 0.788 bits per heavy atom. The van der Waals surface area contributed by atoms with E-state index in [1.165, 1.54) is 198 Å². The van der Waals surface area contributed by atoms with Crippen molar-refractivity contribution in [1.82, 2.24) is 0 Å². The molecule has 0 N–H and O–H groups in total. The van der Waals surface area contributed by atoms with E-state index >= 15 is 0 Å². The van der Waals surface area contributed by atoms with Crippen LogP contribution in [0, 0.1) is 17.8 Å². The lowest BCUT2D eigenvalue weighted by atomic mass is 9.95. The normalized spacial score (nSPS) is 18.5. The van der Waals surface area contributed by atoms with Gasteiger partial charge in [-0.2, -0.15) is 0 Å². The van der Waals surface area contributed by atoms with Crippen LogP contribution in [-0.4, -0.2) is 42.0 Å². The minimum atomic E-state index is -2.15. The molecule has 85 heavy (non-hydrogen) atoms. The fraction of sp³-hybridized carbons (Fsp3) is 0.544. The molecule has 12 rings (SSSR count). The molecule has 2 nitrogen and oxygen atoms in total. The lowest BCUT2D eigenvalue weighted by Gasteiger charge is -2.42. The van der Waals surface area contributed by atoms with Crippen LogP contribution in [0.2, 0.25) is 25.2 Å². The molecule has 0 spiro atoms. The first kappa shape index (κ1) is 67.2. The molecule has 6 heteroatoms. The van der Waals surface area contributed by atoms with Crippen molar-refractivity contribution in [2.45, 2.75) is 243 Å². The molecule has 0 aliphatic heterocycles. The van der Waals surface area contributed by atoms with Gasteiger partial charge in [-0.25, -0.2) is 0 Å². The summed E-state index contributed by atoms with van der Waals surface area (Å²) in [5.74, 6) is 2.67. The maximum Gasteiger partial charge on any atom is 0.0761 e. The predicted octanol–water partition coefficient (Wildman–Crippen LogP) is 22.4.